The average molecular weight is 476 g/mol. The van der Waals surface area contributed by atoms with Gasteiger partial charge in [-0.2, -0.15) is 0 Å². The normalized spacial score (nSPS) is 18.3. The minimum absolute atomic E-state index is 0.0742. The Hall–Kier alpha value is -2.82. The molecule has 2 unspecified atom stereocenters. The molecule has 0 aliphatic heterocycles. The van der Waals surface area contributed by atoms with E-state index in [2.05, 4.69) is 0 Å². The maximum absolute atomic E-state index is 14.3. The second-order valence-electron chi connectivity index (χ2n) is 8.74. The number of nitrogens with two attached hydrogens (primary N) is 1. The van der Waals surface area contributed by atoms with Crippen molar-refractivity contribution in [2.24, 2.45) is 5.73 Å². The summed E-state index contributed by atoms with van der Waals surface area (Å²) in [4.78, 5) is 12.9. The van der Waals surface area contributed by atoms with Gasteiger partial charge in [-0.05, 0) is 42.0 Å². The first-order valence-corrected chi connectivity index (χ1v) is 13.0. The van der Waals surface area contributed by atoms with Crippen molar-refractivity contribution in [2.75, 3.05) is 0 Å². The summed E-state index contributed by atoms with van der Waals surface area (Å²) in [6, 6.07) is 26.7. The summed E-state index contributed by atoms with van der Waals surface area (Å²) < 4.78 is 26.2. The fourth-order valence-electron chi connectivity index (χ4n) is 4.31. The van der Waals surface area contributed by atoms with Crippen molar-refractivity contribution in [2.45, 2.75) is 44.2 Å². The molecule has 6 heteroatoms. The van der Waals surface area contributed by atoms with Crippen LogP contribution in [0.25, 0.3) is 6.08 Å². The van der Waals surface area contributed by atoms with Crippen LogP contribution in [-0.2, 0) is 37.2 Å². The monoisotopic (exact) mass is 475 g/mol. The van der Waals surface area contributed by atoms with Gasteiger partial charge in [0.15, 0.2) is 0 Å². The van der Waals surface area contributed by atoms with Crippen LogP contribution < -0.4 is 5.73 Å². The molecular weight excluding hydrogens is 445 g/mol. The molecule has 1 aliphatic rings. The van der Waals surface area contributed by atoms with Crippen molar-refractivity contribution in [3.8, 4) is 0 Å². The van der Waals surface area contributed by atoms with Crippen molar-refractivity contribution < 1.29 is 18.4 Å². The number of rotatable bonds is 10. The smallest absolute Gasteiger partial charge is 0.321 e. The van der Waals surface area contributed by atoms with Gasteiger partial charge in [0.05, 0.1) is 13.2 Å². The minimum Gasteiger partial charge on any atom is -0.321 e. The van der Waals surface area contributed by atoms with Crippen LogP contribution in [0.5, 0.6) is 0 Å². The topological polar surface area (TPSA) is 78.6 Å². The Labute approximate surface area is 201 Å². The van der Waals surface area contributed by atoms with Crippen LogP contribution >= 0.6 is 7.60 Å². The number of carbonyl (C=O) groups excluding carboxylic acids is 1. The number of fused-ring (bicyclic) bond motifs is 1. The summed E-state index contributed by atoms with van der Waals surface area (Å²) in [5.74, 6) is -0.263. The third-order valence-electron chi connectivity index (χ3n) is 6.19. The van der Waals surface area contributed by atoms with Gasteiger partial charge in [-0.1, -0.05) is 97.1 Å². The van der Waals surface area contributed by atoms with Crippen LogP contribution in [0.2, 0.25) is 0 Å². The van der Waals surface area contributed by atoms with E-state index in [4.69, 9.17) is 14.8 Å². The predicted molar refractivity (Wildman–Crippen MR) is 135 cm³/mol. The van der Waals surface area contributed by atoms with Gasteiger partial charge in [0.25, 0.3) is 0 Å². The van der Waals surface area contributed by atoms with Gasteiger partial charge in [0.2, 0.25) is 0 Å². The highest BCUT2D eigenvalue weighted by atomic mass is 31.2. The molecule has 0 saturated heterocycles. The Kier molecular flexibility index (Phi) is 7.60. The first-order valence-electron chi connectivity index (χ1n) is 11.4. The highest BCUT2D eigenvalue weighted by Gasteiger charge is 2.45. The quantitative estimate of drug-likeness (QED) is 0.352. The lowest BCUT2D eigenvalue weighted by Gasteiger charge is -2.37. The Morgan fingerprint density at radius 2 is 1.44 bits per heavy atom. The number of carbonyl (C=O) groups is 1. The van der Waals surface area contributed by atoms with Crippen molar-refractivity contribution in [1.29, 1.82) is 0 Å². The molecule has 2 atom stereocenters. The van der Waals surface area contributed by atoms with E-state index in [1.807, 2.05) is 97.1 Å². The van der Waals surface area contributed by atoms with E-state index in [9.17, 15) is 9.36 Å². The second-order valence-corrected chi connectivity index (χ2v) is 11.0. The molecule has 0 bridgehead atoms. The number of hydrogen-bond acceptors (Lipinski definition) is 5. The van der Waals surface area contributed by atoms with Gasteiger partial charge in [-0.3, -0.25) is 9.36 Å². The minimum atomic E-state index is -3.89. The SMILES string of the molecule is CC(=O)C(CC1(N)CC=Cc2ccccc21)P(=O)(OCc1ccccc1)OCc1ccccc1. The van der Waals surface area contributed by atoms with Crippen LogP contribution in [0.4, 0.5) is 0 Å². The molecule has 0 saturated carbocycles. The molecule has 0 amide bonds. The standard InChI is InChI=1S/C28H30NO4P/c1-22(30)27(19-28(29)18-10-16-25-15-8-9-17-26(25)28)34(31,32-20-23-11-4-2-5-12-23)33-21-24-13-6-3-7-14-24/h2-17,27H,18-21,29H2,1H3. The lowest BCUT2D eigenvalue weighted by atomic mass is 9.77. The van der Waals surface area contributed by atoms with Crippen LogP contribution in [-0.4, -0.2) is 11.4 Å². The first-order chi connectivity index (χ1) is 16.4. The van der Waals surface area contributed by atoms with Gasteiger partial charge in [-0.25, -0.2) is 0 Å². The molecule has 3 aromatic carbocycles. The summed E-state index contributed by atoms with van der Waals surface area (Å²) in [6.45, 7) is 1.58. The first kappa shape index (κ1) is 24.3. The van der Waals surface area contributed by atoms with Crippen molar-refractivity contribution >= 4 is 19.5 Å². The summed E-state index contributed by atoms with van der Waals surface area (Å²) >= 11 is 0. The molecule has 3 aromatic rings. The number of Topliss-reactive ketones (excluding diaryl/α,β-unsaturated/α-hetero) is 1. The second kappa shape index (κ2) is 10.6. The predicted octanol–water partition coefficient (Wildman–Crippen LogP) is 6.23. The Bertz CT molecular complexity index is 1150. The van der Waals surface area contributed by atoms with Gasteiger partial charge in [-0.15, -0.1) is 0 Å². The lowest BCUT2D eigenvalue weighted by Crippen LogP contribution is -2.43. The zero-order valence-electron chi connectivity index (χ0n) is 19.3. The van der Waals surface area contributed by atoms with E-state index in [0.29, 0.717) is 6.42 Å². The molecule has 1 aliphatic carbocycles. The maximum Gasteiger partial charge on any atom is 0.341 e. The van der Waals surface area contributed by atoms with E-state index in [1.165, 1.54) is 6.92 Å². The van der Waals surface area contributed by atoms with Crippen LogP contribution in [0.1, 0.15) is 42.0 Å². The largest absolute Gasteiger partial charge is 0.341 e. The van der Waals surface area contributed by atoms with Crippen molar-refractivity contribution in [3.63, 3.8) is 0 Å². The molecule has 34 heavy (non-hydrogen) atoms. The maximum atomic E-state index is 14.3. The number of ketones is 1. The highest BCUT2D eigenvalue weighted by Crippen LogP contribution is 2.58. The highest BCUT2D eigenvalue weighted by molar-refractivity contribution is 7.55. The van der Waals surface area contributed by atoms with E-state index in [1.54, 1.807) is 0 Å². The zero-order chi connectivity index (χ0) is 24.0. The Morgan fingerprint density at radius 1 is 0.912 bits per heavy atom. The van der Waals surface area contributed by atoms with Crippen molar-refractivity contribution in [1.82, 2.24) is 0 Å². The number of benzene rings is 3. The summed E-state index contributed by atoms with van der Waals surface area (Å²) in [5.41, 5.74) is 8.66. The van der Waals surface area contributed by atoms with Gasteiger partial charge >= 0.3 is 7.60 Å². The molecule has 0 radical (unpaired) electrons. The van der Waals surface area contributed by atoms with E-state index >= 15 is 0 Å². The van der Waals surface area contributed by atoms with E-state index < -0.39 is 18.8 Å². The van der Waals surface area contributed by atoms with E-state index in [0.717, 1.165) is 22.3 Å². The average Bonchev–Trinajstić information content (AvgIpc) is 2.86. The van der Waals surface area contributed by atoms with Crippen LogP contribution in [0, 0.1) is 0 Å². The molecule has 0 aromatic heterocycles. The van der Waals surface area contributed by atoms with Crippen LogP contribution in [0.3, 0.4) is 0 Å². The third-order valence-corrected chi connectivity index (χ3v) is 8.48. The Morgan fingerprint density at radius 3 is 2.00 bits per heavy atom. The molecule has 2 N–H and O–H groups in total. The molecular formula is C28H30NO4P. The van der Waals surface area contributed by atoms with Crippen LogP contribution in [0.15, 0.2) is 91.0 Å². The van der Waals surface area contributed by atoms with E-state index in [-0.39, 0.29) is 25.4 Å². The van der Waals surface area contributed by atoms with Gasteiger partial charge < -0.3 is 14.8 Å². The molecule has 0 fully saturated rings. The summed E-state index contributed by atoms with van der Waals surface area (Å²) in [5, 5.41) is 0. The van der Waals surface area contributed by atoms with Gasteiger partial charge in [0, 0.05) is 5.54 Å². The van der Waals surface area contributed by atoms with Gasteiger partial charge in [0.1, 0.15) is 11.4 Å². The third kappa shape index (κ3) is 5.63. The molecule has 0 spiro atoms. The summed E-state index contributed by atoms with van der Waals surface area (Å²) in [6.07, 6.45) is 4.72. The molecule has 5 nitrogen and oxygen atoms in total. The van der Waals surface area contributed by atoms with Crippen molar-refractivity contribution in [3.05, 3.63) is 113 Å². The molecule has 176 valence electrons. The Balaban J connectivity index is 1.64. The molecule has 0 heterocycles. The zero-order valence-corrected chi connectivity index (χ0v) is 20.2. The number of hydrogen-bond donors (Lipinski definition) is 1. The summed E-state index contributed by atoms with van der Waals surface area (Å²) in [7, 11) is -3.89. The lowest BCUT2D eigenvalue weighted by molar-refractivity contribution is -0.117. The molecule has 4 rings (SSSR count). The fraction of sp³-hybridized carbons (Fsp3) is 0.250. The fourth-order valence-corrected chi connectivity index (χ4v) is 6.40.